The summed E-state index contributed by atoms with van der Waals surface area (Å²) in [5.41, 5.74) is 6.04. The number of nitrogens with two attached hydrogens (primary N) is 1. The van der Waals surface area contributed by atoms with Crippen LogP contribution < -0.4 is 5.73 Å². The molecule has 126 valence electrons. The van der Waals surface area contributed by atoms with Crippen molar-refractivity contribution in [3.63, 3.8) is 0 Å². The Balaban J connectivity index is 1.79. The monoisotopic (exact) mass is 333 g/mol. The first-order chi connectivity index (χ1) is 11.6. The fraction of sp³-hybridized carbons (Fsp3) is 0.222. The van der Waals surface area contributed by atoms with Crippen LogP contribution in [0.25, 0.3) is 0 Å². The molecule has 0 amide bonds. The van der Waals surface area contributed by atoms with Crippen LogP contribution in [0.2, 0.25) is 0 Å². The Morgan fingerprint density at radius 3 is 2.58 bits per heavy atom. The summed E-state index contributed by atoms with van der Waals surface area (Å²) < 4.78 is 38.9. The van der Waals surface area contributed by atoms with Crippen LogP contribution in [0.4, 0.5) is 14.5 Å². The zero-order valence-electron chi connectivity index (χ0n) is 12.8. The standard InChI is InChI=1S/C18H17F2NO3/c19-13-7-15(21)14(20)6-12(13)16-8-17(18(9-22)24-16)23-10-11-4-2-1-3-5-11/h1-8,16,18,22H,9-10,21H2/t16-,18-/m0/s1. The Morgan fingerprint density at radius 1 is 1.12 bits per heavy atom. The maximum absolute atomic E-state index is 14.0. The molecule has 1 aliphatic heterocycles. The Bertz CT molecular complexity index is 749. The molecular formula is C18H17F2NO3. The van der Waals surface area contributed by atoms with E-state index in [9.17, 15) is 13.9 Å². The second-order valence-electron chi connectivity index (χ2n) is 5.47. The van der Waals surface area contributed by atoms with Crippen LogP contribution in [0.3, 0.4) is 0 Å². The zero-order valence-corrected chi connectivity index (χ0v) is 12.8. The van der Waals surface area contributed by atoms with E-state index in [2.05, 4.69) is 0 Å². The molecule has 1 aliphatic rings. The van der Waals surface area contributed by atoms with Crippen molar-refractivity contribution in [1.29, 1.82) is 0 Å². The summed E-state index contributed by atoms with van der Waals surface area (Å²) in [5.74, 6) is -0.998. The smallest absolute Gasteiger partial charge is 0.146 e. The van der Waals surface area contributed by atoms with E-state index in [4.69, 9.17) is 15.2 Å². The van der Waals surface area contributed by atoms with Crippen molar-refractivity contribution in [1.82, 2.24) is 0 Å². The molecule has 0 aromatic heterocycles. The molecule has 2 atom stereocenters. The van der Waals surface area contributed by atoms with Crippen molar-refractivity contribution in [2.24, 2.45) is 0 Å². The molecule has 0 saturated carbocycles. The van der Waals surface area contributed by atoms with Crippen LogP contribution >= 0.6 is 0 Å². The number of ether oxygens (including phenoxy) is 2. The van der Waals surface area contributed by atoms with Gasteiger partial charge in [-0.2, -0.15) is 0 Å². The summed E-state index contributed by atoms with van der Waals surface area (Å²) in [6, 6.07) is 11.4. The molecule has 0 unspecified atom stereocenters. The quantitative estimate of drug-likeness (QED) is 0.826. The molecule has 4 nitrogen and oxygen atoms in total. The van der Waals surface area contributed by atoms with Gasteiger partial charge in [-0.1, -0.05) is 30.3 Å². The van der Waals surface area contributed by atoms with Gasteiger partial charge in [0.2, 0.25) is 0 Å². The van der Waals surface area contributed by atoms with Crippen molar-refractivity contribution < 1.29 is 23.4 Å². The molecule has 3 rings (SSSR count). The van der Waals surface area contributed by atoms with Crippen molar-refractivity contribution >= 4 is 5.69 Å². The first kappa shape index (κ1) is 16.4. The van der Waals surface area contributed by atoms with Gasteiger partial charge >= 0.3 is 0 Å². The van der Waals surface area contributed by atoms with E-state index in [-0.39, 0.29) is 24.5 Å². The van der Waals surface area contributed by atoms with Gasteiger partial charge < -0.3 is 20.3 Å². The summed E-state index contributed by atoms with van der Waals surface area (Å²) in [7, 11) is 0. The summed E-state index contributed by atoms with van der Waals surface area (Å²) in [4.78, 5) is 0. The van der Waals surface area contributed by atoms with Gasteiger partial charge in [0, 0.05) is 11.6 Å². The summed E-state index contributed by atoms with van der Waals surface area (Å²) in [5, 5.41) is 9.43. The number of aliphatic hydroxyl groups excluding tert-OH is 1. The van der Waals surface area contributed by atoms with Crippen LogP contribution in [0, 0.1) is 11.6 Å². The van der Waals surface area contributed by atoms with Gasteiger partial charge in [-0.3, -0.25) is 0 Å². The average molecular weight is 333 g/mol. The van der Waals surface area contributed by atoms with E-state index in [1.807, 2.05) is 30.3 Å². The normalized spacial score (nSPS) is 20.0. The van der Waals surface area contributed by atoms with Crippen molar-refractivity contribution in [2.75, 3.05) is 12.3 Å². The fourth-order valence-corrected chi connectivity index (χ4v) is 2.51. The highest BCUT2D eigenvalue weighted by atomic mass is 19.1. The van der Waals surface area contributed by atoms with Gasteiger partial charge in [-0.15, -0.1) is 0 Å². The summed E-state index contributed by atoms with van der Waals surface area (Å²) in [6.07, 6.45) is -0.0283. The lowest BCUT2D eigenvalue weighted by Gasteiger charge is -2.15. The lowest BCUT2D eigenvalue weighted by Crippen LogP contribution is -2.18. The number of aliphatic hydroxyl groups is 1. The third-order valence-corrected chi connectivity index (χ3v) is 3.78. The molecule has 0 bridgehead atoms. The van der Waals surface area contributed by atoms with E-state index in [1.165, 1.54) is 6.08 Å². The molecule has 0 radical (unpaired) electrons. The maximum atomic E-state index is 14.0. The predicted molar refractivity (Wildman–Crippen MR) is 84.8 cm³/mol. The first-order valence-electron chi connectivity index (χ1n) is 7.47. The molecule has 0 aliphatic carbocycles. The van der Waals surface area contributed by atoms with Gasteiger partial charge in [0.15, 0.2) is 0 Å². The first-order valence-corrected chi connectivity index (χ1v) is 7.47. The Labute approximate surface area is 138 Å². The molecule has 3 N–H and O–H groups in total. The molecule has 2 aromatic rings. The maximum Gasteiger partial charge on any atom is 0.146 e. The van der Waals surface area contributed by atoms with Crippen molar-refractivity contribution in [2.45, 2.75) is 18.8 Å². The van der Waals surface area contributed by atoms with Gasteiger partial charge in [0.1, 0.15) is 36.2 Å². The topological polar surface area (TPSA) is 64.7 Å². The number of rotatable bonds is 5. The van der Waals surface area contributed by atoms with Crippen LogP contribution in [-0.2, 0) is 16.1 Å². The number of nitrogen functional groups attached to an aromatic ring is 1. The predicted octanol–water partition coefficient (Wildman–Crippen LogP) is 3.08. The Morgan fingerprint density at radius 2 is 1.88 bits per heavy atom. The number of anilines is 1. The highest BCUT2D eigenvalue weighted by Gasteiger charge is 2.31. The molecule has 24 heavy (non-hydrogen) atoms. The van der Waals surface area contributed by atoms with Crippen LogP contribution in [0.1, 0.15) is 17.2 Å². The molecule has 1 heterocycles. The van der Waals surface area contributed by atoms with Crippen molar-refractivity contribution in [3.05, 3.63) is 77.1 Å². The van der Waals surface area contributed by atoms with Gasteiger partial charge in [-0.25, -0.2) is 8.78 Å². The Kier molecular flexibility index (Phi) is 4.78. The van der Waals surface area contributed by atoms with Gasteiger partial charge in [-0.05, 0) is 17.7 Å². The average Bonchev–Trinajstić information content (AvgIpc) is 3.00. The lowest BCUT2D eigenvalue weighted by molar-refractivity contribution is -0.00688. The minimum atomic E-state index is -0.844. The van der Waals surface area contributed by atoms with E-state index >= 15 is 0 Å². The molecule has 0 fully saturated rings. The van der Waals surface area contributed by atoms with E-state index in [1.54, 1.807) is 0 Å². The van der Waals surface area contributed by atoms with E-state index in [0.29, 0.717) is 5.76 Å². The van der Waals surface area contributed by atoms with Gasteiger partial charge in [0.05, 0.1) is 12.3 Å². The highest BCUT2D eigenvalue weighted by Crippen LogP contribution is 2.34. The minimum Gasteiger partial charge on any atom is -0.491 e. The second-order valence-corrected chi connectivity index (χ2v) is 5.47. The molecule has 6 heteroatoms. The Hall–Kier alpha value is -2.44. The van der Waals surface area contributed by atoms with Crippen LogP contribution in [-0.4, -0.2) is 17.8 Å². The van der Waals surface area contributed by atoms with E-state index < -0.39 is 23.8 Å². The van der Waals surface area contributed by atoms with Crippen LogP contribution in [0.5, 0.6) is 0 Å². The number of benzene rings is 2. The number of hydrogen-bond acceptors (Lipinski definition) is 4. The second kappa shape index (κ2) is 6.98. The third kappa shape index (κ3) is 3.39. The molecular weight excluding hydrogens is 316 g/mol. The SMILES string of the molecule is Nc1cc(F)c([C@@H]2C=C(OCc3ccccc3)[C@H](CO)O2)cc1F. The largest absolute Gasteiger partial charge is 0.491 e. The zero-order chi connectivity index (χ0) is 17.1. The summed E-state index contributed by atoms with van der Waals surface area (Å²) in [6.45, 7) is -0.0337. The number of hydrogen-bond donors (Lipinski definition) is 2. The van der Waals surface area contributed by atoms with Gasteiger partial charge in [0.25, 0.3) is 0 Å². The highest BCUT2D eigenvalue weighted by molar-refractivity contribution is 5.44. The lowest BCUT2D eigenvalue weighted by atomic mass is 10.1. The van der Waals surface area contributed by atoms with E-state index in [0.717, 1.165) is 17.7 Å². The number of halogens is 2. The minimum absolute atomic E-state index is 0.0125. The molecule has 0 saturated heterocycles. The third-order valence-electron chi connectivity index (χ3n) is 3.78. The van der Waals surface area contributed by atoms with Crippen molar-refractivity contribution in [3.8, 4) is 0 Å². The van der Waals surface area contributed by atoms with Crippen LogP contribution in [0.15, 0.2) is 54.3 Å². The molecule has 0 spiro atoms. The summed E-state index contributed by atoms with van der Waals surface area (Å²) >= 11 is 0. The fourth-order valence-electron chi connectivity index (χ4n) is 2.51. The molecule has 2 aromatic carbocycles.